The van der Waals surface area contributed by atoms with Crippen LogP contribution in [0.1, 0.15) is 142 Å². The minimum Gasteiger partial charge on any atom is -0.457 e. The Labute approximate surface area is 326 Å². The van der Waals surface area contributed by atoms with E-state index in [1.807, 2.05) is 0 Å². The first kappa shape index (κ1) is 49.5. The van der Waals surface area contributed by atoms with E-state index < -0.39 is 6.10 Å². The maximum absolute atomic E-state index is 12.2. The lowest BCUT2D eigenvalue weighted by molar-refractivity contribution is -0.154. The van der Waals surface area contributed by atoms with Gasteiger partial charge in [-0.05, 0) is 109 Å². The fourth-order valence-electron chi connectivity index (χ4n) is 4.94. The average molecular weight is 729 g/mol. The van der Waals surface area contributed by atoms with Crippen LogP contribution >= 0.6 is 0 Å². The molecule has 0 rings (SSSR count). The molecule has 0 aliphatic heterocycles. The highest BCUT2D eigenvalue weighted by molar-refractivity contribution is 5.69. The van der Waals surface area contributed by atoms with E-state index in [0.29, 0.717) is 13.0 Å². The lowest BCUT2D eigenvalue weighted by atomic mass is 10.1. The van der Waals surface area contributed by atoms with Gasteiger partial charge < -0.3 is 14.6 Å². The van der Waals surface area contributed by atoms with Crippen molar-refractivity contribution in [3.8, 4) is 0 Å². The Morgan fingerprint density at radius 1 is 0.453 bits per heavy atom. The summed E-state index contributed by atoms with van der Waals surface area (Å²) in [6, 6.07) is 0. The van der Waals surface area contributed by atoms with Crippen LogP contribution in [-0.4, -0.2) is 37.0 Å². The summed E-state index contributed by atoms with van der Waals surface area (Å²) in [4.78, 5) is 12.2. The van der Waals surface area contributed by atoms with Gasteiger partial charge in [0.1, 0.15) is 6.10 Å². The van der Waals surface area contributed by atoms with Crippen molar-refractivity contribution >= 4 is 5.97 Å². The number of hydrogen-bond acceptors (Lipinski definition) is 4. The smallest absolute Gasteiger partial charge is 0.306 e. The first-order valence-electron chi connectivity index (χ1n) is 20.8. The average Bonchev–Trinajstić information content (AvgIpc) is 3.16. The molecule has 0 heterocycles. The van der Waals surface area contributed by atoms with E-state index in [0.717, 1.165) is 122 Å². The molecule has 0 aliphatic rings. The van der Waals surface area contributed by atoms with Gasteiger partial charge in [-0.2, -0.15) is 0 Å². The van der Waals surface area contributed by atoms with E-state index in [4.69, 9.17) is 9.47 Å². The maximum Gasteiger partial charge on any atom is 0.306 e. The normalized spacial score (nSPS) is 13.8. The zero-order valence-electron chi connectivity index (χ0n) is 33.7. The molecule has 0 aliphatic carbocycles. The van der Waals surface area contributed by atoms with Crippen LogP contribution in [0, 0.1) is 0 Å². The third-order valence-electron chi connectivity index (χ3n) is 7.97. The fourth-order valence-corrected chi connectivity index (χ4v) is 4.94. The number of unbranched alkanes of at least 4 members (excludes halogenated alkanes) is 6. The van der Waals surface area contributed by atoms with Crippen molar-refractivity contribution in [2.75, 3.05) is 19.8 Å². The molecule has 0 bridgehead atoms. The molecule has 0 radical (unpaired) electrons. The topological polar surface area (TPSA) is 55.8 Å². The van der Waals surface area contributed by atoms with E-state index in [2.05, 4.69) is 148 Å². The van der Waals surface area contributed by atoms with Crippen LogP contribution in [0.2, 0.25) is 0 Å². The molecular weight excluding hydrogens is 653 g/mol. The molecule has 1 unspecified atom stereocenters. The molecule has 296 valence electrons. The number of carbonyl (C=O) groups excluding carboxylic acids is 1. The summed E-state index contributed by atoms with van der Waals surface area (Å²) in [6.07, 6.45) is 67.9. The minimum atomic E-state index is -0.581. The first-order valence-corrected chi connectivity index (χ1v) is 20.8. The van der Waals surface area contributed by atoms with Crippen molar-refractivity contribution in [3.05, 3.63) is 134 Å². The van der Waals surface area contributed by atoms with Gasteiger partial charge in [0, 0.05) is 13.0 Å². The second-order valence-electron chi connectivity index (χ2n) is 12.9. The third-order valence-corrected chi connectivity index (χ3v) is 7.97. The highest BCUT2D eigenvalue weighted by Gasteiger charge is 2.13. The number of aliphatic hydroxyl groups is 1. The van der Waals surface area contributed by atoms with Gasteiger partial charge in [-0.25, -0.2) is 0 Å². The molecule has 0 saturated heterocycles. The van der Waals surface area contributed by atoms with Gasteiger partial charge in [-0.1, -0.05) is 160 Å². The number of hydrogen-bond donors (Lipinski definition) is 1. The second kappa shape index (κ2) is 44.7. The minimum absolute atomic E-state index is 0.210. The van der Waals surface area contributed by atoms with E-state index >= 15 is 0 Å². The van der Waals surface area contributed by atoms with E-state index in [1.54, 1.807) is 0 Å². The molecule has 1 atom stereocenters. The Morgan fingerprint density at radius 3 is 1.15 bits per heavy atom. The van der Waals surface area contributed by atoms with Crippen molar-refractivity contribution in [1.82, 2.24) is 0 Å². The number of carbonyl (C=O) groups is 1. The van der Waals surface area contributed by atoms with Crippen molar-refractivity contribution in [3.63, 3.8) is 0 Å². The summed E-state index contributed by atoms with van der Waals surface area (Å²) in [5.41, 5.74) is 0. The van der Waals surface area contributed by atoms with Crippen LogP contribution in [0.25, 0.3) is 0 Å². The third kappa shape index (κ3) is 42.8. The molecule has 0 aromatic rings. The summed E-state index contributed by atoms with van der Waals surface area (Å²) in [5.74, 6) is -0.251. The van der Waals surface area contributed by atoms with Gasteiger partial charge in [-0.15, -0.1) is 0 Å². The van der Waals surface area contributed by atoms with Crippen molar-refractivity contribution in [2.24, 2.45) is 0 Å². The monoisotopic (exact) mass is 729 g/mol. The van der Waals surface area contributed by atoms with Crippen molar-refractivity contribution < 1.29 is 19.4 Å². The zero-order chi connectivity index (χ0) is 38.4. The first-order chi connectivity index (χ1) is 26.2. The van der Waals surface area contributed by atoms with Gasteiger partial charge in [0.25, 0.3) is 0 Å². The van der Waals surface area contributed by atoms with Crippen molar-refractivity contribution in [1.29, 1.82) is 0 Å². The van der Waals surface area contributed by atoms with E-state index in [1.165, 1.54) is 0 Å². The number of aliphatic hydroxyl groups excluding tert-OH is 1. The molecule has 0 saturated carbocycles. The molecule has 0 aromatic carbocycles. The highest BCUT2D eigenvalue weighted by Crippen LogP contribution is 2.08. The number of allylic oxidation sites excluding steroid dienone is 22. The molecule has 53 heavy (non-hydrogen) atoms. The standard InChI is InChI=1S/C49H76O4/c1-3-5-7-9-11-13-15-17-19-21-23-24-25-27-29-31-33-35-37-39-41-43-45-52-47-48(46-50)53-49(51)44-42-40-38-36-34-32-30-28-26-22-20-18-16-14-12-10-8-6-4-2/h5-8,11-14,17-20,23-24,26-29,32-35,48,50H,3-4,9-10,15-16,21-22,25,30-31,36-47H2,1-2H3/b7-5-,8-6-,13-11-,14-12-,19-17-,20-18-,24-23-,28-26-,29-27-,34-32-,35-33-. The highest BCUT2D eigenvalue weighted by atomic mass is 16.6. The molecule has 0 spiro atoms. The van der Waals surface area contributed by atoms with Crippen LogP contribution in [0.4, 0.5) is 0 Å². The van der Waals surface area contributed by atoms with Crippen LogP contribution in [0.15, 0.2) is 134 Å². The molecule has 4 heteroatoms. The van der Waals surface area contributed by atoms with E-state index in [-0.39, 0.29) is 19.2 Å². The van der Waals surface area contributed by atoms with Crippen LogP contribution in [0.3, 0.4) is 0 Å². The fraction of sp³-hybridized carbons (Fsp3) is 0.531. The molecule has 4 nitrogen and oxygen atoms in total. The van der Waals surface area contributed by atoms with E-state index in [9.17, 15) is 9.90 Å². The summed E-state index contributed by atoms with van der Waals surface area (Å²) >= 11 is 0. The number of ether oxygens (including phenoxy) is 2. The predicted molar refractivity (Wildman–Crippen MR) is 232 cm³/mol. The predicted octanol–water partition coefficient (Wildman–Crippen LogP) is 13.9. The lowest BCUT2D eigenvalue weighted by Gasteiger charge is -2.15. The molecule has 0 fully saturated rings. The largest absolute Gasteiger partial charge is 0.457 e. The molecular formula is C49H76O4. The number of rotatable bonds is 36. The van der Waals surface area contributed by atoms with Gasteiger partial charge in [-0.3, -0.25) is 4.79 Å². The zero-order valence-corrected chi connectivity index (χ0v) is 33.7. The SMILES string of the molecule is CC/C=C\C/C=C\C/C=C\C/C=C\C/C=C\C/C=C\CCCCCOCC(CO)OC(=O)CCCCC/C=C\C/C=C\C/C=C\C/C=C\C/C=C\CC. The van der Waals surface area contributed by atoms with Gasteiger partial charge in [0.15, 0.2) is 0 Å². The van der Waals surface area contributed by atoms with Crippen LogP contribution in [-0.2, 0) is 14.3 Å². The summed E-state index contributed by atoms with van der Waals surface area (Å²) < 4.78 is 11.1. The number of esters is 1. The summed E-state index contributed by atoms with van der Waals surface area (Å²) in [6.45, 7) is 4.97. The Morgan fingerprint density at radius 2 is 0.792 bits per heavy atom. The Hall–Kier alpha value is -3.47. The Balaban J connectivity index is 3.66. The maximum atomic E-state index is 12.2. The molecule has 0 amide bonds. The Kier molecular flexibility index (Phi) is 41.8. The summed E-state index contributed by atoms with van der Waals surface area (Å²) in [5, 5.41) is 9.59. The van der Waals surface area contributed by atoms with Crippen LogP contribution in [0.5, 0.6) is 0 Å². The van der Waals surface area contributed by atoms with Crippen LogP contribution < -0.4 is 0 Å². The Bertz CT molecular complexity index is 1130. The molecule has 0 aromatic heterocycles. The molecule has 1 N–H and O–H groups in total. The van der Waals surface area contributed by atoms with Crippen molar-refractivity contribution in [2.45, 2.75) is 148 Å². The quantitative estimate of drug-likeness (QED) is 0.0396. The summed E-state index contributed by atoms with van der Waals surface area (Å²) in [7, 11) is 0. The van der Waals surface area contributed by atoms with Gasteiger partial charge >= 0.3 is 5.97 Å². The van der Waals surface area contributed by atoms with Gasteiger partial charge in [0.05, 0.1) is 13.2 Å². The van der Waals surface area contributed by atoms with Gasteiger partial charge in [0.2, 0.25) is 0 Å². The second-order valence-corrected chi connectivity index (χ2v) is 12.9. The lowest BCUT2D eigenvalue weighted by Crippen LogP contribution is -2.27.